The van der Waals surface area contributed by atoms with Crippen molar-refractivity contribution in [1.82, 2.24) is 16.0 Å². The Hall–Kier alpha value is -4.90. The number of hydrogen-bond donors (Lipinski definition) is 4. The van der Waals surface area contributed by atoms with Crippen LogP contribution in [0.4, 0.5) is 0 Å². The Morgan fingerprint density at radius 2 is 1.64 bits per heavy atom. The number of carbonyl (C=O) groups is 4. The molecule has 0 aliphatic heterocycles. The third-order valence-corrected chi connectivity index (χ3v) is 6.59. The van der Waals surface area contributed by atoms with E-state index in [1.165, 1.54) is 13.8 Å². The van der Waals surface area contributed by atoms with Crippen molar-refractivity contribution in [2.75, 3.05) is 19.7 Å². The van der Waals surface area contributed by atoms with Gasteiger partial charge < -0.3 is 25.8 Å². The summed E-state index contributed by atoms with van der Waals surface area (Å²) in [5.74, 6) is -1.22. The smallest absolute Gasteiger partial charge is 0.287 e. The molecule has 0 heterocycles. The fourth-order valence-electron chi connectivity index (χ4n) is 3.81. The number of allylic oxidation sites excluding steroid dienone is 4. The molecular formula is C33H40N4O7. The summed E-state index contributed by atoms with van der Waals surface area (Å²) < 4.78 is 5.77. The molecule has 0 spiro atoms. The number of aliphatic hydroxyl groups excluding tert-OH is 1. The molecule has 44 heavy (non-hydrogen) atoms. The summed E-state index contributed by atoms with van der Waals surface area (Å²) in [4.78, 5) is 60.0. The van der Waals surface area contributed by atoms with E-state index < -0.39 is 35.7 Å². The van der Waals surface area contributed by atoms with Crippen molar-refractivity contribution in [3.63, 3.8) is 0 Å². The molecule has 0 aliphatic rings. The fourth-order valence-corrected chi connectivity index (χ4v) is 3.81. The average Bonchev–Trinajstić information content (AvgIpc) is 3.02. The molecule has 0 fully saturated rings. The van der Waals surface area contributed by atoms with E-state index in [1.54, 1.807) is 30.3 Å². The van der Waals surface area contributed by atoms with Crippen LogP contribution in [0.25, 0.3) is 0 Å². The van der Waals surface area contributed by atoms with Gasteiger partial charge in [-0.2, -0.15) is 0 Å². The molecular weight excluding hydrogens is 564 g/mol. The number of nitrogens with zero attached hydrogens (tertiary/aromatic N) is 1. The lowest BCUT2D eigenvalue weighted by Gasteiger charge is -2.25. The maximum Gasteiger partial charge on any atom is 0.287 e. The van der Waals surface area contributed by atoms with Gasteiger partial charge in [-0.25, -0.2) is 0 Å². The van der Waals surface area contributed by atoms with Crippen molar-refractivity contribution < 1.29 is 29.0 Å². The van der Waals surface area contributed by atoms with Gasteiger partial charge >= 0.3 is 0 Å². The van der Waals surface area contributed by atoms with Crippen molar-refractivity contribution in [3.05, 3.63) is 107 Å². The van der Waals surface area contributed by atoms with E-state index >= 15 is 0 Å². The van der Waals surface area contributed by atoms with Crippen LogP contribution in [0.5, 0.6) is 5.75 Å². The lowest BCUT2D eigenvalue weighted by Crippen LogP contribution is -2.45. The first-order valence-electron chi connectivity index (χ1n) is 14.2. The van der Waals surface area contributed by atoms with Gasteiger partial charge in [-0.3, -0.25) is 19.2 Å². The summed E-state index contributed by atoms with van der Waals surface area (Å²) in [6.45, 7) is 8.60. The van der Waals surface area contributed by atoms with E-state index in [0.29, 0.717) is 35.6 Å². The van der Waals surface area contributed by atoms with Gasteiger partial charge in [0.2, 0.25) is 11.7 Å². The molecule has 1 atom stereocenters. The largest absolute Gasteiger partial charge is 0.457 e. The van der Waals surface area contributed by atoms with Crippen LogP contribution in [0.3, 0.4) is 0 Å². The first-order chi connectivity index (χ1) is 21.0. The maximum absolute atomic E-state index is 12.5. The molecule has 3 amide bonds. The van der Waals surface area contributed by atoms with Crippen molar-refractivity contribution in [2.45, 2.75) is 46.2 Å². The molecule has 2 rings (SSSR count). The number of ether oxygens (including phenoxy) is 1. The van der Waals surface area contributed by atoms with Crippen molar-refractivity contribution in [3.8, 4) is 5.75 Å². The van der Waals surface area contributed by atoms with Gasteiger partial charge in [-0.05, 0) is 60.9 Å². The van der Waals surface area contributed by atoms with Crippen LogP contribution in [0, 0.1) is 10.3 Å². The molecule has 1 unspecified atom stereocenters. The van der Waals surface area contributed by atoms with Gasteiger partial charge in [-0.15, -0.1) is 4.91 Å². The molecule has 2 aromatic carbocycles. The topological polar surface area (TPSA) is 163 Å². The molecule has 11 heteroatoms. The Balaban J connectivity index is 1.74. The number of benzene rings is 2. The molecule has 0 radical (unpaired) electrons. The van der Waals surface area contributed by atoms with Crippen LogP contribution >= 0.6 is 0 Å². The highest BCUT2D eigenvalue weighted by atomic mass is 16.5. The lowest BCUT2D eigenvalue weighted by molar-refractivity contribution is -0.138. The predicted octanol–water partition coefficient (Wildman–Crippen LogP) is 3.53. The molecule has 0 saturated carbocycles. The first kappa shape index (κ1) is 35.3. The second-order valence-electron chi connectivity index (χ2n) is 10.5. The molecule has 0 aromatic heterocycles. The van der Waals surface area contributed by atoms with Gasteiger partial charge in [0.15, 0.2) is 6.04 Å². The van der Waals surface area contributed by atoms with Crippen LogP contribution in [0.15, 0.2) is 90.3 Å². The summed E-state index contributed by atoms with van der Waals surface area (Å²) in [6, 6.07) is 12.9. The molecule has 234 valence electrons. The highest BCUT2D eigenvalue weighted by molar-refractivity contribution is 6.36. The van der Waals surface area contributed by atoms with Gasteiger partial charge in [0.25, 0.3) is 11.8 Å². The van der Waals surface area contributed by atoms with E-state index in [1.807, 2.05) is 49.4 Å². The Labute approximate surface area is 257 Å². The van der Waals surface area contributed by atoms with E-state index in [0.717, 1.165) is 5.56 Å². The Morgan fingerprint density at radius 3 is 2.23 bits per heavy atom. The molecule has 0 saturated heterocycles. The second-order valence-corrected chi connectivity index (χ2v) is 10.5. The number of Topliss-reactive ketones (excluding diaryl/α,β-unsaturated/α-hetero) is 1. The van der Waals surface area contributed by atoms with Crippen LogP contribution in [-0.2, 0) is 27.3 Å². The number of ketones is 1. The number of nitroso groups, excluding NO2 is 1. The second kappa shape index (κ2) is 17.9. The zero-order valence-electron chi connectivity index (χ0n) is 25.3. The van der Waals surface area contributed by atoms with Gasteiger partial charge in [0, 0.05) is 37.0 Å². The summed E-state index contributed by atoms with van der Waals surface area (Å²) in [6.07, 6.45) is 7.57. The lowest BCUT2D eigenvalue weighted by atomic mass is 9.85. The summed E-state index contributed by atoms with van der Waals surface area (Å²) in [5, 5.41) is 19.9. The molecule has 0 bridgehead atoms. The highest BCUT2D eigenvalue weighted by Gasteiger charge is 2.36. The quantitative estimate of drug-likeness (QED) is 0.0875. The number of nitrogens with one attached hydrogen (secondary N) is 3. The SMILES string of the molecule is C=C/C(=C\C=C/C)Oc1ccc(CCNC(=O)c2ccc(CNC(=O)C(=O)CCNC(=O)C(N=O)C(C)(C)CO)cc2)cc1. The molecule has 4 N–H and O–H groups in total. The Morgan fingerprint density at radius 1 is 0.977 bits per heavy atom. The standard InChI is InChI=1S/C33H40N4O7/c1-5-7-8-26(6-2)44-27-15-11-23(12-16-27)17-19-34-30(40)25-13-9-24(10-14-25)21-36-31(41)28(39)18-20-35-32(42)29(37-43)33(3,4)22-38/h5-16,29,38H,2,17-22H2,1,3-4H3,(H,34,40)(H,35,42)(H,36,41)/b7-5-,26-8+. The van der Waals surface area contributed by atoms with E-state index in [-0.39, 0.29) is 25.4 Å². The minimum absolute atomic E-state index is 0.0692. The normalized spacial score (nSPS) is 12.2. The van der Waals surface area contributed by atoms with Crippen LogP contribution < -0.4 is 20.7 Å². The van der Waals surface area contributed by atoms with Crippen LogP contribution in [0.1, 0.15) is 48.7 Å². The summed E-state index contributed by atoms with van der Waals surface area (Å²) in [7, 11) is 0. The van der Waals surface area contributed by atoms with Crippen LogP contribution in [-0.4, -0.2) is 54.3 Å². The molecule has 2 aromatic rings. The number of carbonyl (C=O) groups excluding carboxylic acids is 4. The minimum Gasteiger partial charge on any atom is -0.457 e. The van der Waals surface area contributed by atoms with Crippen LogP contribution in [0.2, 0.25) is 0 Å². The number of aliphatic hydroxyl groups is 1. The van der Waals surface area contributed by atoms with E-state index in [9.17, 15) is 29.2 Å². The summed E-state index contributed by atoms with van der Waals surface area (Å²) in [5.41, 5.74) is 1.11. The number of amides is 3. The maximum atomic E-state index is 12.5. The molecule has 0 aliphatic carbocycles. The van der Waals surface area contributed by atoms with Gasteiger partial charge in [-0.1, -0.05) is 62.0 Å². The first-order valence-corrected chi connectivity index (χ1v) is 14.2. The average molecular weight is 605 g/mol. The van der Waals surface area contributed by atoms with Crippen molar-refractivity contribution >= 4 is 23.5 Å². The van der Waals surface area contributed by atoms with Crippen molar-refractivity contribution in [2.24, 2.45) is 10.6 Å². The number of hydrogen-bond acceptors (Lipinski definition) is 8. The number of rotatable bonds is 18. The highest BCUT2D eigenvalue weighted by Crippen LogP contribution is 2.22. The van der Waals surface area contributed by atoms with Crippen molar-refractivity contribution in [1.29, 1.82) is 0 Å². The summed E-state index contributed by atoms with van der Waals surface area (Å²) >= 11 is 0. The predicted molar refractivity (Wildman–Crippen MR) is 168 cm³/mol. The van der Waals surface area contributed by atoms with E-state index in [4.69, 9.17) is 4.74 Å². The fraction of sp³-hybridized carbons (Fsp3) is 0.333. The monoisotopic (exact) mass is 604 g/mol. The third-order valence-electron chi connectivity index (χ3n) is 6.59. The van der Waals surface area contributed by atoms with Gasteiger partial charge in [0.1, 0.15) is 11.5 Å². The molecule has 11 nitrogen and oxygen atoms in total. The van der Waals surface area contributed by atoms with E-state index in [2.05, 4.69) is 27.7 Å². The Bertz CT molecular complexity index is 1360. The zero-order valence-corrected chi connectivity index (χ0v) is 25.3. The third kappa shape index (κ3) is 11.4. The Kier molecular flexibility index (Phi) is 14.4. The zero-order chi connectivity index (χ0) is 32.5. The van der Waals surface area contributed by atoms with Gasteiger partial charge in [0.05, 0.1) is 6.61 Å². The minimum atomic E-state index is -1.33.